The second-order valence-corrected chi connectivity index (χ2v) is 7.19. The van der Waals surface area contributed by atoms with E-state index in [4.69, 9.17) is 16.9 Å². The smallest absolute Gasteiger partial charge is 0.162 e. The summed E-state index contributed by atoms with van der Waals surface area (Å²) in [6.07, 6.45) is 9.23. The molecule has 4 nitrogen and oxygen atoms in total. The van der Waals surface area contributed by atoms with E-state index in [9.17, 15) is 0 Å². The molecule has 114 valence electrons. The molecule has 1 saturated heterocycles. The van der Waals surface area contributed by atoms with Crippen molar-refractivity contribution >= 4 is 28.1 Å². The fourth-order valence-electron chi connectivity index (χ4n) is 3.55. The van der Waals surface area contributed by atoms with Crippen LogP contribution in [0.4, 0.5) is 5.00 Å². The lowest BCUT2D eigenvalue weighted by molar-refractivity contribution is 0.124. The van der Waals surface area contributed by atoms with Crippen molar-refractivity contribution in [1.29, 1.82) is 5.26 Å². The maximum Gasteiger partial charge on any atom is 0.162 e. The highest BCUT2D eigenvalue weighted by atomic mass is 35.5. The molecule has 3 rings (SSSR count). The predicted octanol–water partition coefficient (Wildman–Crippen LogP) is 3.88. The number of hydrogen-bond donors (Lipinski definition) is 1. The van der Waals surface area contributed by atoms with Crippen LogP contribution in [0, 0.1) is 11.3 Å². The van der Waals surface area contributed by atoms with Crippen molar-refractivity contribution in [3.63, 3.8) is 0 Å². The minimum atomic E-state index is 0.324. The number of nitrogens with zero attached hydrogens (tertiary/aromatic N) is 3. The number of nitrogens with one attached hydrogen (secondary N) is 1. The first kappa shape index (κ1) is 15.1. The van der Waals surface area contributed by atoms with Crippen LogP contribution in [0.5, 0.6) is 0 Å². The van der Waals surface area contributed by atoms with Crippen LogP contribution in [0.15, 0.2) is 0 Å². The highest BCUT2D eigenvalue weighted by Crippen LogP contribution is 2.30. The molecule has 6 heteroatoms. The van der Waals surface area contributed by atoms with Crippen molar-refractivity contribution in [2.24, 2.45) is 0 Å². The van der Waals surface area contributed by atoms with Gasteiger partial charge in [-0.25, -0.2) is 0 Å². The van der Waals surface area contributed by atoms with E-state index in [0.717, 1.165) is 24.0 Å². The molecule has 0 radical (unpaired) electrons. The average Bonchev–Trinajstić information content (AvgIpc) is 2.88. The molecule has 1 N–H and O–H groups in total. The zero-order chi connectivity index (χ0) is 14.7. The summed E-state index contributed by atoms with van der Waals surface area (Å²) >= 11 is 7.24. The van der Waals surface area contributed by atoms with Gasteiger partial charge < -0.3 is 5.32 Å². The van der Waals surface area contributed by atoms with E-state index in [2.05, 4.69) is 20.7 Å². The number of halogens is 1. The Kier molecular flexibility index (Phi) is 4.99. The van der Waals surface area contributed by atoms with Crippen molar-refractivity contribution in [1.82, 2.24) is 9.27 Å². The molecular formula is C15H21ClN4S. The van der Waals surface area contributed by atoms with Crippen molar-refractivity contribution in [2.45, 2.75) is 57.0 Å². The van der Waals surface area contributed by atoms with Gasteiger partial charge >= 0.3 is 0 Å². The van der Waals surface area contributed by atoms with Gasteiger partial charge in [0.15, 0.2) is 5.15 Å². The Morgan fingerprint density at radius 3 is 2.81 bits per heavy atom. The summed E-state index contributed by atoms with van der Waals surface area (Å²) in [4.78, 5) is 2.65. The van der Waals surface area contributed by atoms with Crippen LogP contribution in [0.25, 0.3) is 0 Å². The van der Waals surface area contributed by atoms with E-state index < -0.39 is 0 Å². The van der Waals surface area contributed by atoms with E-state index in [1.807, 2.05) is 0 Å². The van der Waals surface area contributed by atoms with Gasteiger partial charge in [-0.2, -0.15) is 9.64 Å². The first-order chi connectivity index (χ1) is 10.3. The summed E-state index contributed by atoms with van der Waals surface area (Å²) in [5.41, 5.74) is 0.497. The minimum Gasteiger partial charge on any atom is -0.371 e. The number of aromatic nitrogens is 1. The van der Waals surface area contributed by atoms with Gasteiger partial charge in [-0.15, -0.1) is 0 Å². The van der Waals surface area contributed by atoms with E-state index >= 15 is 0 Å². The second-order valence-electron chi connectivity index (χ2n) is 6.06. The quantitative estimate of drug-likeness (QED) is 0.916. The molecule has 1 unspecified atom stereocenters. The van der Waals surface area contributed by atoms with Crippen LogP contribution in [0.3, 0.4) is 0 Å². The lowest BCUT2D eigenvalue weighted by Crippen LogP contribution is -2.47. The highest BCUT2D eigenvalue weighted by molar-refractivity contribution is 7.10. The van der Waals surface area contributed by atoms with Crippen LogP contribution in [-0.4, -0.2) is 34.4 Å². The third kappa shape index (κ3) is 3.50. The van der Waals surface area contributed by atoms with Gasteiger partial charge in [0.2, 0.25) is 0 Å². The molecular weight excluding hydrogens is 304 g/mol. The van der Waals surface area contributed by atoms with Gasteiger partial charge in [-0.05, 0) is 43.8 Å². The number of anilines is 1. The predicted molar refractivity (Wildman–Crippen MR) is 86.9 cm³/mol. The molecule has 0 bridgehead atoms. The summed E-state index contributed by atoms with van der Waals surface area (Å²) in [5, 5.41) is 13.8. The van der Waals surface area contributed by atoms with Crippen molar-refractivity contribution in [2.75, 3.05) is 18.4 Å². The van der Waals surface area contributed by atoms with E-state index in [1.165, 1.54) is 56.6 Å². The molecule has 2 aliphatic rings. The molecule has 1 aliphatic heterocycles. The Balaban J connectivity index is 1.62. The molecule has 1 atom stereocenters. The van der Waals surface area contributed by atoms with Gasteiger partial charge in [0.25, 0.3) is 0 Å². The molecule has 0 spiro atoms. The fraction of sp³-hybridized carbons (Fsp3) is 0.733. The van der Waals surface area contributed by atoms with Crippen molar-refractivity contribution in [3.8, 4) is 6.07 Å². The first-order valence-electron chi connectivity index (χ1n) is 7.84. The summed E-state index contributed by atoms with van der Waals surface area (Å²) in [6, 6.07) is 3.32. The fourth-order valence-corrected chi connectivity index (χ4v) is 4.57. The third-order valence-corrected chi connectivity index (χ3v) is 5.79. The van der Waals surface area contributed by atoms with Gasteiger partial charge in [-0.1, -0.05) is 30.9 Å². The third-order valence-electron chi connectivity index (χ3n) is 4.64. The Morgan fingerprint density at radius 2 is 2.05 bits per heavy atom. The molecule has 1 aromatic heterocycles. The normalized spacial score (nSPS) is 24.7. The number of likely N-dealkylation sites (tertiary alicyclic amines) is 1. The number of hydrogen-bond acceptors (Lipinski definition) is 5. The zero-order valence-electron chi connectivity index (χ0n) is 12.1. The van der Waals surface area contributed by atoms with Crippen molar-refractivity contribution in [3.05, 3.63) is 10.7 Å². The Labute approximate surface area is 135 Å². The van der Waals surface area contributed by atoms with E-state index in [-0.39, 0.29) is 0 Å². The van der Waals surface area contributed by atoms with Crippen molar-refractivity contribution < 1.29 is 0 Å². The van der Waals surface area contributed by atoms with Gasteiger partial charge in [0.1, 0.15) is 16.6 Å². The molecule has 1 aliphatic carbocycles. The van der Waals surface area contributed by atoms with Crippen LogP contribution < -0.4 is 5.32 Å². The molecule has 1 aromatic rings. The Morgan fingerprint density at radius 1 is 1.24 bits per heavy atom. The van der Waals surface area contributed by atoms with E-state index in [1.54, 1.807) is 0 Å². The van der Waals surface area contributed by atoms with Crippen LogP contribution in [0.1, 0.15) is 50.5 Å². The lowest BCUT2D eigenvalue weighted by Gasteiger charge is -2.40. The molecule has 2 fully saturated rings. The largest absolute Gasteiger partial charge is 0.371 e. The maximum atomic E-state index is 9.16. The van der Waals surface area contributed by atoms with Crippen LogP contribution in [-0.2, 0) is 0 Å². The van der Waals surface area contributed by atoms with Gasteiger partial charge in [0, 0.05) is 18.6 Å². The molecule has 2 heterocycles. The lowest BCUT2D eigenvalue weighted by atomic mass is 9.92. The monoisotopic (exact) mass is 324 g/mol. The molecule has 0 aromatic carbocycles. The average molecular weight is 325 g/mol. The van der Waals surface area contributed by atoms with Crippen LogP contribution >= 0.6 is 23.1 Å². The topological polar surface area (TPSA) is 52.0 Å². The zero-order valence-corrected chi connectivity index (χ0v) is 13.7. The second kappa shape index (κ2) is 6.95. The van der Waals surface area contributed by atoms with Gasteiger partial charge in [-0.3, -0.25) is 4.90 Å². The van der Waals surface area contributed by atoms with Gasteiger partial charge in [0.05, 0.1) is 0 Å². The molecule has 0 amide bonds. The number of piperidine rings is 1. The maximum absolute atomic E-state index is 9.16. The minimum absolute atomic E-state index is 0.324. The Bertz CT molecular complexity index is 518. The highest BCUT2D eigenvalue weighted by Gasteiger charge is 2.27. The SMILES string of the molecule is N#Cc1c(Cl)nsc1NC1CCCN(C2CCCCC2)C1. The Hall–Kier alpha value is -0.830. The molecule has 1 saturated carbocycles. The van der Waals surface area contributed by atoms with Crippen LogP contribution in [0.2, 0.25) is 5.15 Å². The van der Waals surface area contributed by atoms with E-state index in [0.29, 0.717) is 16.8 Å². The standard InChI is InChI=1S/C15H21ClN4S/c16-14-13(9-17)15(21-19-14)18-11-5-4-8-20(10-11)12-6-2-1-3-7-12/h11-12,18H,1-8,10H2. The summed E-state index contributed by atoms with van der Waals surface area (Å²) in [6.45, 7) is 2.29. The summed E-state index contributed by atoms with van der Waals surface area (Å²) in [7, 11) is 0. The summed E-state index contributed by atoms with van der Waals surface area (Å²) in [5.74, 6) is 0. The number of nitriles is 1. The summed E-state index contributed by atoms with van der Waals surface area (Å²) < 4.78 is 4.07. The molecule has 21 heavy (non-hydrogen) atoms. The number of rotatable bonds is 3. The first-order valence-corrected chi connectivity index (χ1v) is 8.99.